The van der Waals surface area contributed by atoms with Crippen molar-refractivity contribution >= 4 is 11.7 Å². The Balaban J connectivity index is 2.66. The van der Waals surface area contributed by atoms with E-state index in [0.29, 0.717) is 18.2 Å². The number of nitrogens with zero attached hydrogens (tertiary/aromatic N) is 2. The van der Waals surface area contributed by atoms with E-state index in [1.165, 1.54) is 0 Å². The number of ether oxygens (including phenoxy) is 1. The van der Waals surface area contributed by atoms with E-state index in [-0.39, 0.29) is 0 Å². The summed E-state index contributed by atoms with van der Waals surface area (Å²) in [5.41, 5.74) is 0.157. The van der Waals surface area contributed by atoms with Crippen LogP contribution in [-0.4, -0.2) is 29.7 Å². The molecular weight excluding hydrogens is 348 g/mol. The van der Waals surface area contributed by atoms with Crippen molar-refractivity contribution in [1.82, 2.24) is 0 Å². The van der Waals surface area contributed by atoms with Gasteiger partial charge in [-0.1, -0.05) is 0 Å². The number of hydrogen-bond donors (Lipinski definition) is 1. The molecule has 0 aromatic heterocycles. The van der Waals surface area contributed by atoms with Crippen LogP contribution in [0.4, 0.5) is 32.0 Å². The Hall–Kier alpha value is -2.53. The number of nitro benzene ring substituents is 1. The lowest BCUT2D eigenvalue weighted by atomic mass is 9.83. The van der Waals surface area contributed by atoms with Crippen LogP contribution in [-0.2, 0) is 10.3 Å². The normalized spacial score (nSPS) is 24.5. The summed E-state index contributed by atoms with van der Waals surface area (Å²) < 4.78 is 84.0. The fraction of sp³-hybridized carbons (Fsp3) is 0.417. The molecule has 6 nitrogen and oxygen atoms in total. The lowest BCUT2D eigenvalue weighted by Crippen LogP contribution is -2.50. The average molecular weight is 357 g/mol. The van der Waals surface area contributed by atoms with Crippen molar-refractivity contribution in [1.29, 1.82) is 0 Å². The van der Waals surface area contributed by atoms with Crippen molar-refractivity contribution in [3.8, 4) is 0 Å². The van der Waals surface area contributed by atoms with E-state index >= 15 is 0 Å². The smallest absolute Gasteiger partial charge is 0.425 e. The van der Waals surface area contributed by atoms with Gasteiger partial charge in [-0.05, 0) is 6.07 Å². The second-order valence-electron chi connectivity index (χ2n) is 4.95. The number of halogens is 6. The van der Waals surface area contributed by atoms with Gasteiger partial charge in [0, 0.05) is 24.1 Å². The molecule has 1 heterocycles. The van der Waals surface area contributed by atoms with Crippen molar-refractivity contribution in [3.05, 3.63) is 39.7 Å². The summed E-state index contributed by atoms with van der Waals surface area (Å²) in [5, 5.41) is 10.7. The van der Waals surface area contributed by atoms with Gasteiger partial charge in [0.15, 0.2) is 11.6 Å². The predicted molar refractivity (Wildman–Crippen MR) is 67.9 cm³/mol. The zero-order valence-electron chi connectivity index (χ0n) is 11.6. The van der Waals surface area contributed by atoms with Gasteiger partial charge >= 0.3 is 6.18 Å². The molecule has 0 aliphatic carbocycles. The second-order valence-corrected chi connectivity index (χ2v) is 4.95. The van der Waals surface area contributed by atoms with Crippen molar-refractivity contribution in [2.45, 2.75) is 30.7 Å². The first-order valence-corrected chi connectivity index (χ1v) is 6.28. The molecule has 0 amide bonds. The van der Waals surface area contributed by atoms with Crippen LogP contribution in [0.1, 0.15) is 12.0 Å². The minimum absolute atomic E-state index is 0.414. The molecule has 24 heavy (non-hydrogen) atoms. The number of aliphatic imine (C=N–C) groups is 1. The molecule has 0 saturated heterocycles. The summed E-state index contributed by atoms with van der Waals surface area (Å²) in [5.74, 6) is -1.37. The highest BCUT2D eigenvalue weighted by Crippen LogP contribution is 2.45. The summed E-state index contributed by atoms with van der Waals surface area (Å²) in [4.78, 5) is 12.9. The highest BCUT2D eigenvalue weighted by atomic mass is 19.4. The maximum absolute atomic E-state index is 14.0. The molecule has 0 spiro atoms. The number of rotatable bonds is 3. The van der Waals surface area contributed by atoms with E-state index in [4.69, 9.17) is 5.73 Å². The first kappa shape index (κ1) is 17.8. The second kappa shape index (κ2) is 5.83. The van der Waals surface area contributed by atoms with Gasteiger partial charge in [-0.3, -0.25) is 10.1 Å². The number of nitro groups is 1. The molecule has 2 N–H and O–H groups in total. The van der Waals surface area contributed by atoms with E-state index in [1.807, 2.05) is 0 Å². The van der Waals surface area contributed by atoms with Crippen LogP contribution in [0.15, 0.2) is 23.2 Å². The van der Waals surface area contributed by atoms with Gasteiger partial charge in [-0.2, -0.15) is 13.2 Å². The summed E-state index contributed by atoms with van der Waals surface area (Å²) in [6.07, 6.45) is -12.9. The number of nitrogens with two attached hydrogens (primary N) is 1. The van der Waals surface area contributed by atoms with Crippen molar-refractivity contribution < 1.29 is 36.0 Å². The van der Waals surface area contributed by atoms with E-state index in [1.54, 1.807) is 0 Å². The number of alkyl halides is 5. The lowest BCUT2D eigenvalue weighted by molar-refractivity contribution is -0.385. The molecule has 1 aromatic carbocycles. The molecule has 2 rings (SSSR count). The van der Waals surface area contributed by atoms with Gasteiger partial charge in [0.1, 0.15) is 5.82 Å². The SMILES string of the molecule is NC1=N[C@@](c2cc([N+](=O)[O-])ccc2F)(C(F)F)C[C@@H](C(F)(F)F)O1. The molecule has 0 unspecified atom stereocenters. The standard InChI is InChI=1S/C12H9F6N3O3/c13-7-2-1-5(21(22)23)3-6(7)11(9(14)15)4-8(12(16,17)18)24-10(19)20-11/h1-3,8-9H,4H2,(H2,19,20)/t8-,11-/m0/s1. The summed E-state index contributed by atoms with van der Waals surface area (Å²) >= 11 is 0. The molecule has 0 radical (unpaired) electrons. The maximum Gasteiger partial charge on any atom is 0.425 e. The van der Waals surface area contributed by atoms with Crippen LogP contribution in [0.3, 0.4) is 0 Å². The summed E-state index contributed by atoms with van der Waals surface area (Å²) in [6, 6.07) is 0.388. The zero-order valence-corrected chi connectivity index (χ0v) is 11.6. The van der Waals surface area contributed by atoms with Crippen molar-refractivity contribution in [2.24, 2.45) is 10.7 Å². The third-order valence-electron chi connectivity index (χ3n) is 3.42. The van der Waals surface area contributed by atoms with Gasteiger partial charge in [-0.15, -0.1) is 0 Å². The Labute approximate surface area is 130 Å². The van der Waals surface area contributed by atoms with Crippen molar-refractivity contribution in [3.63, 3.8) is 0 Å². The Morgan fingerprint density at radius 1 is 1.42 bits per heavy atom. The fourth-order valence-electron chi connectivity index (χ4n) is 2.31. The summed E-state index contributed by atoms with van der Waals surface area (Å²) in [7, 11) is 0. The van der Waals surface area contributed by atoms with Crippen LogP contribution < -0.4 is 5.73 Å². The average Bonchev–Trinajstić information content (AvgIpc) is 2.45. The topological polar surface area (TPSA) is 90.8 Å². The van der Waals surface area contributed by atoms with Gasteiger partial charge in [0.2, 0.25) is 0 Å². The van der Waals surface area contributed by atoms with Crippen LogP contribution in [0, 0.1) is 15.9 Å². The quantitative estimate of drug-likeness (QED) is 0.512. The summed E-state index contributed by atoms with van der Waals surface area (Å²) in [6.45, 7) is 0. The van der Waals surface area contributed by atoms with Crippen LogP contribution in [0.25, 0.3) is 0 Å². The van der Waals surface area contributed by atoms with E-state index in [2.05, 4.69) is 9.73 Å². The zero-order chi connectivity index (χ0) is 18.3. The predicted octanol–water partition coefficient (Wildman–Crippen LogP) is 2.86. The van der Waals surface area contributed by atoms with E-state index < -0.39 is 58.7 Å². The monoisotopic (exact) mass is 357 g/mol. The Morgan fingerprint density at radius 3 is 2.54 bits per heavy atom. The first-order chi connectivity index (χ1) is 11.0. The Bertz CT molecular complexity index is 693. The largest absolute Gasteiger partial charge is 0.452 e. The first-order valence-electron chi connectivity index (χ1n) is 6.28. The number of amidine groups is 1. The lowest BCUT2D eigenvalue weighted by Gasteiger charge is -2.37. The van der Waals surface area contributed by atoms with Gasteiger partial charge in [0.25, 0.3) is 18.1 Å². The molecule has 0 saturated carbocycles. The van der Waals surface area contributed by atoms with Gasteiger partial charge < -0.3 is 10.5 Å². The highest BCUT2D eigenvalue weighted by molar-refractivity contribution is 5.73. The minimum Gasteiger partial charge on any atom is -0.452 e. The van der Waals surface area contributed by atoms with Crippen LogP contribution >= 0.6 is 0 Å². The molecular formula is C12H9F6N3O3. The molecule has 132 valence electrons. The Morgan fingerprint density at radius 2 is 2.04 bits per heavy atom. The van der Waals surface area contributed by atoms with Crippen LogP contribution in [0.2, 0.25) is 0 Å². The molecule has 1 aliphatic rings. The molecule has 0 bridgehead atoms. The molecule has 12 heteroatoms. The molecule has 2 atom stereocenters. The minimum atomic E-state index is -5.07. The van der Waals surface area contributed by atoms with E-state index in [0.717, 1.165) is 0 Å². The van der Waals surface area contributed by atoms with Crippen molar-refractivity contribution in [2.75, 3.05) is 0 Å². The fourth-order valence-corrected chi connectivity index (χ4v) is 2.31. The molecule has 0 fully saturated rings. The van der Waals surface area contributed by atoms with Gasteiger partial charge in [0.05, 0.1) is 4.92 Å². The third-order valence-corrected chi connectivity index (χ3v) is 3.42. The molecule has 1 aromatic rings. The number of non-ortho nitro benzene ring substituents is 1. The third kappa shape index (κ3) is 3.08. The van der Waals surface area contributed by atoms with E-state index in [9.17, 15) is 36.5 Å². The highest BCUT2D eigenvalue weighted by Gasteiger charge is 2.56. The number of benzene rings is 1. The number of hydrogen-bond acceptors (Lipinski definition) is 5. The molecule has 1 aliphatic heterocycles. The van der Waals surface area contributed by atoms with Gasteiger partial charge in [-0.25, -0.2) is 18.2 Å². The van der Waals surface area contributed by atoms with Crippen LogP contribution in [0.5, 0.6) is 0 Å². The maximum atomic E-state index is 14.0. The Kier molecular flexibility index (Phi) is 4.33.